The lowest BCUT2D eigenvalue weighted by Gasteiger charge is -2.07. The van der Waals surface area contributed by atoms with Crippen molar-refractivity contribution in [1.82, 2.24) is 4.72 Å². The van der Waals surface area contributed by atoms with Crippen LogP contribution in [0.2, 0.25) is 0 Å². The molecule has 1 N–H and O–H groups in total. The van der Waals surface area contributed by atoms with E-state index < -0.39 is 10.0 Å². The number of nitrogens with one attached hydrogen (secondary N) is 1. The fourth-order valence-corrected chi connectivity index (χ4v) is 4.74. The highest BCUT2D eigenvalue weighted by molar-refractivity contribution is 7.89. The van der Waals surface area contributed by atoms with Crippen LogP contribution >= 0.6 is 11.3 Å². The number of thiophene rings is 1. The molecule has 23 heavy (non-hydrogen) atoms. The van der Waals surface area contributed by atoms with E-state index in [2.05, 4.69) is 10.6 Å². The van der Waals surface area contributed by atoms with Crippen molar-refractivity contribution < 1.29 is 13.2 Å². The van der Waals surface area contributed by atoms with Crippen molar-refractivity contribution in [3.05, 3.63) is 45.6 Å². The lowest BCUT2D eigenvalue weighted by molar-refractivity contribution is 0.370. The zero-order valence-corrected chi connectivity index (χ0v) is 14.8. The molecule has 0 fully saturated rings. The molecule has 0 atom stereocenters. The maximum atomic E-state index is 12.3. The van der Waals surface area contributed by atoms with E-state index in [0.29, 0.717) is 23.6 Å². The molecule has 0 unspecified atom stereocenters. The third kappa shape index (κ3) is 4.83. The van der Waals surface area contributed by atoms with Gasteiger partial charge < -0.3 is 4.74 Å². The van der Waals surface area contributed by atoms with Gasteiger partial charge in [-0.05, 0) is 44.0 Å². The Hall–Kier alpha value is -1.81. The third-order valence-corrected chi connectivity index (χ3v) is 5.92. The molecule has 0 saturated carbocycles. The van der Waals surface area contributed by atoms with E-state index in [4.69, 9.17) is 11.2 Å². The molecule has 2 rings (SSSR count). The molecule has 0 aliphatic heterocycles. The summed E-state index contributed by atoms with van der Waals surface area (Å²) < 4.78 is 32.5. The lowest BCUT2D eigenvalue weighted by atomic mass is 10.1. The van der Waals surface area contributed by atoms with Gasteiger partial charge in [-0.25, -0.2) is 13.1 Å². The van der Waals surface area contributed by atoms with Crippen molar-refractivity contribution in [3.8, 4) is 18.1 Å². The topological polar surface area (TPSA) is 55.4 Å². The normalized spacial score (nSPS) is 11.2. The molecule has 2 aromatic rings. The molecule has 1 heterocycles. The van der Waals surface area contributed by atoms with Gasteiger partial charge in [0.15, 0.2) is 0 Å². The number of hydrogen-bond donors (Lipinski definition) is 1. The SMILES string of the molecule is C#CCOc1ccc(CCNS(=O)(=O)c2cc(C)sc2C)cc1. The van der Waals surface area contributed by atoms with Crippen LogP contribution in [0.1, 0.15) is 15.3 Å². The Bertz CT molecular complexity index is 799. The Morgan fingerprint density at radius 2 is 1.96 bits per heavy atom. The first-order chi connectivity index (χ1) is 10.9. The summed E-state index contributed by atoms with van der Waals surface area (Å²) in [5.74, 6) is 3.11. The summed E-state index contributed by atoms with van der Waals surface area (Å²) in [5.41, 5.74) is 1.03. The summed E-state index contributed by atoms with van der Waals surface area (Å²) in [7, 11) is -3.45. The number of hydrogen-bond acceptors (Lipinski definition) is 4. The fourth-order valence-electron chi connectivity index (χ4n) is 2.16. The molecule has 1 aromatic carbocycles. The molecular formula is C17H19NO3S2. The van der Waals surface area contributed by atoms with E-state index >= 15 is 0 Å². The van der Waals surface area contributed by atoms with Gasteiger partial charge in [0, 0.05) is 16.3 Å². The summed E-state index contributed by atoms with van der Waals surface area (Å²) in [6.45, 7) is 4.31. The molecule has 0 radical (unpaired) electrons. The van der Waals surface area contributed by atoms with E-state index in [1.165, 1.54) is 11.3 Å². The van der Waals surface area contributed by atoms with Gasteiger partial charge in [-0.15, -0.1) is 17.8 Å². The van der Waals surface area contributed by atoms with Crippen LogP contribution in [0, 0.1) is 26.2 Å². The minimum atomic E-state index is -3.45. The van der Waals surface area contributed by atoms with Crippen LogP contribution in [0.5, 0.6) is 5.75 Å². The Kier molecular flexibility index (Phi) is 5.83. The molecule has 1 aromatic heterocycles. The van der Waals surface area contributed by atoms with Crippen molar-refractivity contribution in [3.63, 3.8) is 0 Å². The van der Waals surface area contributed by atoms with Crippen molar-refractivity contribution >= 4 is 21.4 Å². The van der Waals surface area contributed by atoms with E-state index in [9.17, 15) is 8.42 Å². The number of aryl methyl sites for hydroxylation is 2. The number of ether oxygens (including phenoxy) is 1. The van der Waals surface area contributed by atoms with Crippen LogP contribution in [0.25, 0.3) is 0 Å². The second-order valence-electron chi connectivity index (χ2n) is 5.06. The van der Waals surface area contributed by atoms with Gasteiger partial charge in [0.2, 0.25) is 10.0 Å². The van der Waals surface area contributed by atoms with Gasteiger partial charge in [0.25, 0.3) is 0 Å². The molecule has 0 aliphatic rings. The van der Waals surface area contributed by atoms with Crippen LogP contribution in [0.15, 0.2) is 35.2 Å². The van der Waals surface area contributed by atoms with Crippen molar-refractivity contribution in [1.29, 1.82) is 0 Å². The Balaban J connectivity index is 1.91. The number of rotatable bonds is 7. The number of terminal acetylenes is 1. The van der Waals surface area contributed by atoms with Crippen LogP contribution in [0.4, 0.5) is 0 Å². The van der Waals surface area contributed by atoms with Crippen molar-refractivity contribution in [2.75, 3.05) is 13.2 Å². The smallest absolute Gasteiger partial charge is 0.241 e. The van der Waals surface area contributed by atoms with Gasteiger partial charge >= 0.3 is 0 Å². The van der Waals surface area contributed by atoms with E-state index in [1.807, 2.05) is 38.1 Å². The molecule has 0 aliphatic carbocycles. The maximum Gasteiger partial charge on any atom is 0.241 e. The highest BCUT2D eigenvalue weighted by Crippen LogP contribution is 2.24. The van der Waals surface area contributed by atoms with E-state index in [0.717, 1.165) is 15.3 Å². The predicted molar refractivity (Wildman–Crippen MR) is 93.5 cm³/mol. The Morgan fingerprint density at radius 1 is 1.26 bits per heavy atom. The van der Waals surface area contributed by atoms with Gasteiger partial charge in [-0.2, -0.15) is 0 Å². The zero-order chi connectivity index (χ0) is 16.9. The highest BCUT2D eigenvalue weighted by Gasteiger charge is 2.18. The third-order valence-electron chi connectivity index (χ3n) is 3.24. The standard InChI is InChI=1S/C17H19NO3S2/c1-4-11-21-16-7-5-15(6-8-16)9-10-18-23(19,20)17-12-13(2)22-14(17)3/h1,5-8,12,18H,9-11H2,2-3H3. The number of benzene rings is 1. The molecule has 0 bridgehead atoms. The fraction of sp³-hybridized carbons (Fsp3) is 0.294. The molecular weight excluding hydrogens is 330 g/mol. The maximum absolute atomic E-state index is 12.3. The van der Waals surface area contributed by atoms with Crippen LogP contribution < -0.4 is 9.46 Å². The highest BCUT2D eigenvalue weighted by atomic mass is 32.2. The summed E-state index contributed by atoms with van der Waals surface area (Å²) in [5, 5.41) is 0. The van der Waals surface area contributed by atoms with Gasteiger partial charge in [-0.3, -0.25) is 0 Å². The van der Waals surface area contributed by atoms with Gasteiger partial charge in [0.05, 0.1) is 4.90 Å². The first-order valence-electron chi connectivity index (χ1n) is 7.14. The minimum Gasteiger partial charge on any atom is -0.481 e. The summed E-state index contributed by atoms with van der Waals surface area (Å²) >= 11 is 1.49. The number of sulfonamides is 1. The minimum absolute atomic E-state index is 0.235. The largest absolute Gasteiger partial charge is 0.481 e. The average molecular weight is 349 g/mol. The first-order valence-corrected chi connectivity index (χ1v) is 9.44. The first kappa shape index (κ1) is 17.5. The monoisotopic (exact) mass is 349 g/mol. The zero-order valence-electron chi connectivity index (χ0n) is 13.1. The predicted octanol–water partition coefficient (Wildman–Crippen LogP) is 2.90. The Morgan fingerprint density at radius 3 is 2.52 bits per heavy atom. The average Bonchev–Trinajstić information content (AvgIpc) is 2.86. The van der Waals surface area contributed by atoms with Gasteiger partial charge in [0.1, 0.15) is 12.4 Å². The summed E-state index contributed by atoms with van der Waals surface area (Å²) in [6, 6.07) is 9.17. The summed E-state index contributed by atoms with van der Waals surface area (Å²) in [6.07, 6.45) is 5.74. The molecule has 0 spiro atoms. The van der Waals surface area contributed by atoms with Crippen molar-refractivity contribution in [2.45, 2.75) is 25.2 Å². The molecule has 6 heteroatoms. The molecule has 0 saturated heterocycles. The second kappa shape index (κ2) is 7.64. The van der Waals surface area contributed by atoms with Crippen LogP contribution in [0.3, 0.4) is 0 Å². The van der Waals surface area contributed by atoms with E-state index in [-0.39, 0.29) is 6.61 Å². The summed E-state index contributed by atoms with van der Waals surface area (Å²) in [4.78, 5) is 2.17. The van der Waals surface area contributed by atoms with Gasteiger partial charge in [-0.1, -0.05) is 18.1 Å². The molecule has 122 valence electrons. The Labute approximate surface area is 141 Å². The van der Waals surface area contributed by atoms with Crippen LogP contribution in [-0.2, 0) is 16.4 Å². The van der Waals surface area contributed by atoms with Crippen molar-refractivity contribution in [2.24, 2.45) is 0 Å². The molecule has 4 nitrogen and oxygen atoms in total. The second-order valence-corrected chi connectivity index (χ2v) is 8.26. The van der Waals surface area contributed by atoms with Crippen LogP contribution in [-0.4, -0.2) is 21.6 Å². The quantitative estimate of drug-likeness (QED) is 0.782. The lowest BCUT2D eigenvalue weighted by Crippen LogP contribution is -2.26. The molecule has 0 amide bonds. The van der Waals surface area contributed by atoms with E-state index in [1.54, 1.807) is 6.07 Å².